The smallest absolute Gasteiger partial charge is 0.135 e. The van der Waals surface area contributed by atoms with Gasteiger partial charge in [-0.3, -0.25) is 0 Å². The summed E-state index contributed by atoms with van der Waals surface area (Å²) in [5.74, 6) is 0. The van der Waals surface area contributed by atoms with Gasteiger partial charge >= 0.3 is 0 Å². The summed E-state index contributed by atoms with van der Waals surface area (Å²) in [4.78, 5) is 2.48. The second kappa shape index (κ2) is 16.6. The summed E-state index contributed by atoms with van der Waals surface area (Å²) in [7, 11) is 0. The molecule has 0 N–H and O–H groups in total. The molecule has 11 aromatic rings. The highest BCUT2D eigenvalue weighted by Crippen LogP contribution is 2.51. The summed E-state index contributed by atoms with van der Waals surface area (Å²) in [6, 6.07) is 78.9. The minimum Gasteiger partial charge on any atom is -0.456 e. The number of hydrogen-bond acceptors (Lipinski definition) is 2. The number of rotatable bonds is 7. The molecule has 0 saturated carbocycles. The van der Waals surface area contributed by atoms with Crippen molar-refractivity contribution < 1.29 is 4.42 Å². The van der Waals surface area contributed by atoms with Gasteiger partial charge in [-0.2, -0.15) is 0 Å². The summed E-state index contributed by atoms with van der Waals surface area (Å²) < 4.78 is 6.34. The van der Waals surface area contributed by atoms with Crippen LogP contribution < -0.4 is 4.90 Å². The highest BCUT2D eigenvalue weighted by Gasteiger charge is 2.35. The van der Waals surface area contributed by atoms with Gasteiger partial charge in [0.2, 0.25) is 0 Å². The van der Waals surface area contributed by atoms with E-state index >= 15 is 0 Å². The molecule has 1 heterocycles. The maximum absolute atomic E-state index is 6.34. The molecular weight excluding hydrogens is 859 g/mol. The first kappa shape index (κ1) is 44.3. The van der Waals surface area contributed by atoms with E-state index in [1.54, 1.807) is 0 Å². The molecule has 12 rings (SSSR count). The Bertz CT molecular complexity index is 3830. The van der Waals surface area contributed by atoms with E-state index < -0.39 is 0 Å². The number of benzene rings is 10. The number of fused-ring (bicyclic) bond motifs is 7. The van der Waals surface area contributed by atoms with Crippen LogP contribution in [0, 0.1) is 0 Å². The molecule has 1 aromatic heterocycles. The Morgan fingerprint density at radius 2 is 0.915 bits per heavy atom. The van der Waals surface area contributed by atoms with Crippen molar-refractivity contribution in [2.45, 2.75) is 71.6 Å². The molecule has 71 heavy (non-hydrogen) atoms. The van der Waals surface area contributed by atoms with Crippen molar-refractivity contribution in [2.75, 3.05) is 4.90 Å². The van der Waals surface area contributed by atoms with Gasteiger partial charge in [0, 0.05) is 33.0 Å². The van der Waals surface area contributed by atoms with E-state index in [-0.39, 0.29) is 16.2 Å². The zero-order valence-electron chi connectivity index (χ0n) is 42.1. The third kappa shape index (κ3) is 7.56. The van der Waals surface area contributed by atoms with Gasteiger partial charge in [-0.05, 0) is 137 Å². The first-order chi connectivity index (χ1) is 34.2. The van der Waals surface area contributed by atoms with E-state index in [1.807, 2.05) is 6.07 Å². The molecule has 2 heteroatoms. The van der Waals surface area contributed by atoms with Crippen LogP contribution in [0.4, 0.5) is 17.1 Å². The third-order valence-electron chi connectivity index (χ3n) is 15.2. The topological polar surface area (TPSA) is 16.4 Å². The number of anilines is 3. The first-order valence-electron chi connectivity index (χ1n) is 25.2. The standard InChI is InChI=1S/C69H59NO/c1-67(2,3)49-39-48(40-50(43-49)68(4,5)6)53-25-17-19-45-20-18-26-58(66(45)53)56-23-11-15-29-63(56)70(62-28-14-10-21-52(62)47-34-38-65-59(41-47)57-24-12-16-30-64(57)71-65)51-35-31-44(32-36-51)46-33-37-55-54-22-9-13-27-60(54)69(7,8)61(55)42-46/h9-43H,1-8H3. The average Bonchev–Trinajstić information content (AvgIpc) is 3.87. The highest BCUT2D eigenvalue weighted by molar-refractivity contribution is 6.10. The molecule has 1 aliphatic carbocycles. The second-order valence-electron chi connectivity index (χ2n) is 22.2. The van der Waals surface area contributed by atoms with Crippen LogP contribution in [-0.4, -0.2) is 0 Å². The largest absolute Gasteiger partial charge is 0.456 e. The average molecular weight is 918 g/mol. The molecule has 1 aliphatic rings. The minimum absolute atomic E-state index is 0.0162. The lowest BCUT2D eigenvalue weighted by Gasteiger charge is -2.30. The predicted octanol–water partition coefficient (Wildman–Crippen LogP) is 19.8. The number of para-hydroxylation sites is 3. The number of furan rings is 1. The Morgan fingerprint density at radius 1 is 0.366 bits per heavy atom. The van der Waals surface area contributed by atoms with Gasteiger partial charge in [0.1, 0.15) is 11.2 Å². The SMILES string of the molecule is CC(C)(C)c1cc(-c2cccc3cccc(-c4ccccc4N(c4ccc(-c5ccc6c(c5)C(C)(C)c5ccccc5-6)cc4)c4ccccc4-c4ccc5oc6ccccc6c5c4)c23)cc(C(C)(C)C)c1. The fraction of sp³-hybridized carbons (Fsp3) is 0.159. The second-order valence-corrected chi connectivity index (χ2v) is 22.2. The summed E-state index contributed by atoms with van der Waals surface area (Å²) in [6.45, 7) is 18.6. The Kier molecular flexibility index (Phi) is 10.4. The van der Waals surface area contributed by atoms with Crippen LogP contribution in [0.2, 0.25) is 0 Å². The number of nitrogens with zero attached hydrogens (tertiary/aromatic N) is 1. The van der Waals surface area contributed by atoms with Crippen LogP contribution in [0.5, 0.6) is 0 Å². The van der Waals surface area contributed by atoms with Crippen molar-refractivity contribution in [3.05, 3.63) is 235 Å². The molecule has 0 atom stereocenters. The molecule has 10 aromatic carbocycles. The van der Waals surface area contributed by atoms with Crippen molar-refractivity contribution in [1.82, 2.24) is 0 Å². The number of hydrogen-bond donors (Lipinski definition) is 0. The lowest BCUT2D eigenvalue weighted by molar-refractivity contribution is 0.569. The van der Waals surface area contributed by atoms with Gasteiger partial charge in [0.15, 0.2) is 0 Å². The van der Waals surface area contributed by atoms with Crippen LogP contribution in [-0.2, 0) is 16.2 Å². The van der Waals surface area contributed by atoms with Crippen molar-refractivity contribution in [2.24, 2.45) is 0 Å². The molecule has 0 unspecified atom stereocenters. The van der Waals surface area contributed by atoms with Crippen molar-refractivity contribution >= 4 is 49.8 Å². The van der Waals surface area contributed by atoms with Gasteiger partial charge in [0.25, 0.3) is 0 Å². The monoisotopic (exact) mass is 917 g/mol. The van der Waals surface area contributed by atoms with Crippen LogP contribution in [0.25, 0.3) is 88.3 Å². The van der Waals surface area contributed by atoms with E-state index in [4.69, 9.17) is 4.42 Å². The molecule has 346 valence electrons. The van der Waals surface area contributed by atoms with Gasteiger partial charge < -0.3 is 9.32 Å². The molecule has 0 bridgehead atoms. The Morgan fingerprint density at radius 3 is 1.63 bits per heavy atom. The quantitative estimate of drug-likeness (QED) is 0.158. The first-order valence-corrected chi connectivity index (χ1v) is 25.2. The lowest BCUT2D eigenvalue weighted by atomic mass is 9.78. The molecule has 0 radical (unpaired) electrons. The zero-order chi connectivity index (χ0) is 48.8. The highest BCUT2D eigenvalue weighted by atomic mass is 16.3. The van der Waals surface area contributed by atoms with E-state index in [0.29, 0.717) is 0 Å². The molecule has 0 spiro atoms. The van der Waals surface area contributed by atoms with Gasteiger partial charge in [0.05, 0.1) is 11.4 Å². The molecule has 0 aliphatic heterocycles. The molecule has 0 amide bonds. The maximum Gasteiger partial charge on any atom is 0.135 e. The lowest BCUT2D eigenvalue weighted by Crippen LogP contribution is -2.16. The molecule has 2 nitrogen and oxygen atoms in total. The van der Waals surface area contributed by atoms with E-state index in [2.05, 4.69) is 267 Å². The van der Waals surface area contributed by atoms with Crippen LogP contribution in [0.15, 0.2) is 217 Å². The fourth-order valence-electron chi connectivity index (χ4n) is 11.3. The summed E-state index contributed by atoms with van der Waals surface area (Å²) in [5.41, 5.74) is 22.6. The summed E-state index contributed by atoms with van der Waals surface area (Å²) in [5, 5.41) is 4.69. The normalized spacial score (nSPS) is 13.2. The molecule has 0 saturated heterocycles. The van der Waals surface area contributed by atoms with Crippen LogP contribution >= 0.6 is 0 Å². The Balaban J connectivity index is 1.06. The van der Waals surface area contributed by atoms with Gasteiger partial charge in [-0.15, -0.1) is 0 Å². The zero-order valence-corrected chi connectivity index (χ0v) is 42.1. The van der Waals surface area contributed by atoms with Gasteiger partial charge in [-0.25, -0.2) is 0 Å². The summed E-state index contributed by atoms with van der Waals surface area (Å²) in [6.07, 6.45) is 0. The van der Waals surface area contributed by atoms with Crippen molar-refractivity contribution in [3.63, 3.8) is 0 Å². The van der Waals surface area contributed by atoms with Crippen molar-refractivity contribution in [1.29, 1.82) is 0 Å². The predicted molar refractivity (Wildman–Crippen MR) is 303 cm³/mol. The van der Waals surface area contributed by atoms with Crippen LogP contribution in [0.1, 0.15) is 77.6 Å². The van der Waals surface area contributed by atoms with E-state index in [9.17, 15) is 0 Å². The molecular formula is C69H59NO. The fourth-order valence-corrected chi connectivity index (χ4v) is 11.3. The molecule has 0 fully saturated rings. The third-order valence-corrected chi connectivity index (χ3v) is 15.2. The van der Waals surface area contributed by atoms with Crippen molar-refractivity contribution in [3.8, 4) is 55.6 Å². The van der Waals surface area contributed by atoms with Gasteiger partial charge in [-0.1, -0.05) is 219 Å². The minimum atomic E-state index is -0.0798. The maximum atomic E-state index is 6.34. The van der Waals surface area contributed by atoms with E-state index in [1.165, 1.54) is 72.0 Å². The summed E-state index contributed by atoms with van der Waals surface area (Å²) >= 11 is 0. The van der Waals surface area contributed by atoms with Crippen LogP contribution in [0.3, 0.4) is 0 Å². The van der Waals surface area contributed by atoms with E-state index in [0.717, 1.165) is 55.7 Å². The Hall–Kier alpha value is -7.94. The Labute approximate surface area is 418 Å².